The molecule has 0 radical (unpaired) electrons. The molecule has 6 heteroatoms. The molecule has 1 amide bonds. The summed E-state index contributed by atoms with van der Waals surface area (Å²) in [5.74, 6) is 5.41. The van der Waals surface area contributed by atoms with Crippen molar-refractivity contribution in [2.75, 3.05) is 6.54 Å². The molecule has 0 unspecified atom stereocenters. The summed E-state index contributed by atoms with van der Waals surface area (Å²) in [6.07, 6.45) is 0. The molecule has 4 nitrogen and oxygen atoms in total. The summed E-state index contributed by atoms with van der Waals surface area (Å²) in [7, 11) is 0. The fourth-order valence-corrected chi connectivity index (χ4v) is 2.61. The van der Waals surface area contributed by atoms with Crippen LogP contribution in [-0.2, 0) is 6.54 Å². The minimum atomic E-state index is -0.178. The Morgan fingerprint density at radius 3 is 2.95 bits per heavy atom. The molecule has 1 heterocycles. The predicted molar refractivity (Wildman–Crippen MR) is 85.4 cm³/mol. The highest BCUT2D eigenvalue weighted by Crippen LogP contribution is 2.17. The molecule has 108 valence electrons. The van der Waals surface area contributed by atoms with Crippen molar-refractivity contribution in [2.24, 2.45) is 5.73 Å². The van der Waals surface area contributed by atoms with Gasteiger partial charge in [0.15, 0.2) is 0 Å². The number of hydrogen-bond acceptors (Lipinski definition) is 4. The summed E-state index contributed by atoms with van der Waals surface area (Å²) >= 11 is 7.62. The van der Waals surface area contributed by atoms with E-state index in [1.807, 2.05) is 6.92 Å². The average Bonchev–Trinajstić information content (AvgIpc) is 2.88. The number of halogens is 1. The van der Waals surface area contributed by atoms with Crippen LogP contribution in [0.3, 0.4) is 0 Å². The minimum Gasteiger partial charge on any atom is -0.347 e. The summed E-state index contributed by atoms with van der Waals surface area (Å²) in [6.45, 7) is 2.65. The number of benzene rings is 1. The highest BCUT2D eigenvalue weighted by atomic mass is 35.5. The van der Waals surface area contributed by atoms with Crippen LogP contribution in [-0.4, -0.2) is 17.4 Å². The van der Waals surface area contributed by atoms with Gasteiger partial charge in [0.2, 0.25) is 0 Å². The van der Waals surface area contributed by atoms with E-state index in [2.05, 4.69) is 22.1 Å². The van der Waals surface area contributed by atoms with Crippen molar-refractivity contribution >= 4 is 28.8 Å². The molecular weight excluding hydrogens is 306 g/mol. The topological polar surface area (TPSA) is 68.0 Å². The molecule has 1 aromatic heterocycles. The molecule has 0 fully saturated rings. The van der Waals surface area contributed by atoms with Crippen LogP contribution in [0.2, 0.25) is 5.02 Å². The zero-order chi connectivity index (χ0) is 15.2. The van der Waals surface area contributed by atoms with E-state index in [9.17, 15) is 4.79 Å². The first-order chi connectivity index (χ1) is 10.1. The molecule has 21 heavy (non-hydrogen) atoms. The minimum absolute atomic E-state index is 0.178. The fourth-order valence-electron chi connectivity index (χ4n) is 1.66. The van der Waals surface area contributed by atoms with Gasteiger partial charge in [0.25, 0.3) is 5.91 Å². The van der Waals surface area contributed by atoms with Crippen molar-refractivity contribution < 1.29 is 4.79 Å². The Balaban J connectivity index is 2.06. The van der Waals surface area contributed by atoms with E-state index in [1.165, 1.54) is 11.3 Å². The number of nitrogens with two attached hydrogens (primary N) is 1. The number of carbonyl (C=O) groups is 1. The van der Waals surface area contributed by atoms with Crippen molar-refractivity contribution in [1.29, 1.82) is 0 Å². The van der Waals surface area contributed by atoms with Gasteiger partial charge in [0, 0.05) is 16.0 Å². The van der Waals surface area contributed by atoms with Gasteiger partial charge in [0.05, 0.1) is 29.3 Å². The maximum absolute atomic E-state index is 12.1. The van der Waals surface area contributed by atoms with E-state index < -0.39 is 0 Å². The van der Waals surface area contributed by atoms with Crippen LogP contribution in [0.1, 0.15) is 26.5 Å². The first-order valence-electron chi connectivity index (χ1n) is 6.27. The standard InChI is InChI=1S/C15H14ClN3OS/c1-10-14(21-9-19-10)8-18-15(20)12-5-4-11(3-2-6-17)13(16)7-12/h4-5,7,9H,6,8,17H2,1H3,(H,18,20). The van der Waals surface area contributed by atoms with Gasteiger partial charge in [-0.1, -0.05) is 23.4 Å². The van der Waals surface area contributed by atoms with Crippen molar-refractivity contribution in [3.63, 3.8) is 0 Å². The number of hydrogen-bond donors (Lipinski definition) is 2. The fraction of sp³-hybridized carbons (Fsp3) is 0.200. The molecule has 0 bridgehead atoms. The largest absolute Gasteiger partial charge is 0.347 e. The van der Waals surface area contributed by atoms with Gasteiger partial charge in [-0.3, -0.25) is 4.79 Å². The molecule has 0 aliphatic rings. The van der Waals surface area contributed by atoms with Crippen LogP contribution in [0.25, 0.3) is 0 Å². The second-order valence-electron chi connectivity index (χ2n) is 4.24. The quantitative estimate of drug-likeness (QED) is 0.853. The van der Waals surface area contributed by atoms with Crippen molar-refractivity contribution in [3.05, 3.63) is 50.4 Å². The van der Waals surface area contributed by atoms with E-state index in [0.29, 0.717) is 22.7 Å². The monoisotopic (exact) mass is 319 g/mol. The highest BCUT2D eigenvalue weighted by Gasteiger charge is 2.09. The lowest BCUT2D eigenvalue weighted by Gasteiger charge is -2.05. The molecule has 0 saturated carbocycles. The van der Waals surface area contributed by atoms with Gasteiger partial charge in [-0.2, -0.15) is 0 Å². The van der Waals surface area contributed by atoms with Crippen LogP contribution in [0.4, 0.5) is 0 Å². The number of amides is 1. The lowest BCUT2D eigenvalue weighted by Crippen LogP contribution is -2.22. The smallest absolute Gasteiger partial charge is 0.251 e. The Morgan fingerprint density at radius 2 is 2.33 bits per heavy atom. The Morgan fingerprint density at radius 1 is 1.52 bits per heavy atom. The first-order valence-corrected chi connectivity index (χ1v) is 7.53. The van der Waals surface area contributed by atoms with Crippen molar-refractivity contribution in [1.82, 2.24) is 10.3 Å². The third-order valence-corrected chi connectivity index (χ3v) is 4.06. The molecule has 0 spiro atoms. The summed E-state index contributed by atoms with van der Waals surface area (Å²) in [6, 6.07) is 5.02. The number of aromatic nitrogens is 1. The maximum atomic E-state index is 12.1. The van der Waals surface area contributed by atoms with Gasteiger partial charge < -0.3 is 11.1 Å². The highest BCUT2D eigenvalue weighted by molar-refractivity contribution is 7.09. The van der Waals surface area contributed by atoms with Crippen LogP contribution in [0.5, 0.6) is 0 Å². The van der Waals surface area contributed by atoms with Crippen LogP contribution in [0, 0.1) is 18.8 Å². The third kappa shape index (κ3) is 4.05. The molecule has 0 atom stereocenters. The Kier molecular flexibility index (Phi) is 5.34. The molecule has 0 aliphatic carbocycles. The number of nitrogens with one attached hydrogen (secondary N) is 1. The number of nitrogens with zero attached hydrogens (tertiary/aromatic N) is 1. The van der Waals surface area contributed by atoms with E-state index in [4.69, 9.17) is 17.3 Å². The van der Waals surface area contributed by atoms with E-state index in [0.717, 1.165) is 10.6 Å². The van der Waals surface area contributed by atoms with Gasteiger partial charge in [-0.05, 0) is 25.1 Å². The van der Waals surface area contributed by atoms with Crippen LogP contribution >= 0.6 is 22.9 Å². The van der Waals surface area contributed by atoms with Crippen molar-refractivity contribution in [2.45, 2.75) is 13.5 Å². The Bertz CT molecular complexity index is 715. The first kappa shape index (κ1) is 15.5. The molecule has 0 aliphatic heterocycles. The maximum Gasteiger partial charge on any atom is 0.251 e. The average molecular weight is 320 g/mol. The van der Waals surface area contributed by atoms with Crippen molar-refractivity contribution in [3.8, 4) is 11.8 Å². The summed E-state index contributed by atoms with van der Waals surface area (Å²) in [5.41, 5.74) is 9.18. The second kappa shape index (κ2) is 7.23. The van der Waals surface area contributed by atoms with Crippen LogP contribution in [0.15, 0.2) is 23.7 Å². The summed E-state index contributed by atoms with van der Waals surface area (Å²) < 4.78 is 0. The lowest BCUT2D eigenvalue weighted by atomic mass is 10.1. The molecule has 3 N–H and O–H groups in total. The number of carbonyl (C=O) groups excluding carboxylic acids is 1. The third-order valence-electron chi connectivity index (χ3n) is 2.81. The van der Waals surface area contributed by atoms with Crippen LogP contribution < -0.4 is 11.1 Å². The zero-order valence-corrected chi connectivity index (χ0v) is 13.0. The predicted octanol–water partition coefficient (Wildman–Crippen LogP) is 2.35. The van der Waals surface area contributed by atoms with Gasteiger partial charge >= 0.3 is 0 Å². The zero-order valence-electron chi connectivity index (χ0n) is 11.4. The molecule has 2 rings (SSSR count). The van der Waals surface area contributed by atoms with E-state index >= 15 is 0 Å². The molecule has 2 aromatic rings. The number of aryl methyl sites for hydroxylation is 1. The summed E-state index contributed by atoms with van der Waals surface area (Å²) in [4.78, 5) is 17.3. The Labute approximate surface area is 132 Å². The van der Waals surface area contributed by atoms with Gasteiger partial charge in [-0.15, -0.1) is 11.3 Å². The molecule has 0 saturated heterocycles. The normalized spacial score (nSPS) is 9.86. The number of thiazole rings is 1. The molecular formula is C15H14ClN3OS. The van der Waals surface area contributed by atoms with E-state index in [-0.39, 0.29) is 12.5 Å². The Hall–Kier alpha value is -1.87. The lowest BCUT2D eigenvalue weighted by molar-refractivity contribution is 0.0951. The number of rotatable bonds is 3. The second-order valence-corrected chi connectivity index (χ2v) is 5.59. The van der Waals surface area contributed by atoms with Gasteiger partial charge in [-0.25, -0.2) is 4.98 Å². The SMILES string of the molecule is Cc1ncsc1CNC(=O)c1ccc(C#CCN)c(Cl)c1. The summed E-state index contributed by atoms with van der Waals surface area (Å²) in [5, 5.41) is 3.29. The molecule has 1 aromatic carbocycles. The van der Waals surface area contributed by atoms with E-state index in [1.54, 1.807) is 23.7 Å². The van der Waals surface area contributed by atoms with Gasteiger partial charge in [0.1, 0.15) is 0 Å².